The number of ether oxygens (including phenoxy) is 1. The van der Waals surface area contributed by atoms with Crippen molar-refractivity contribution in [2.75, 3.05) is 13.7 Å². The van der Waals surface area contributed by atoms with Gasteiger partial charge in [0.1, 0.15) is 5.69 Å². The van der Waals surface area contributed by atoms with Crippen LogP contribution in [0.15, 0.2) is 12.3 Å². The standard InChI is InChI=1S/C11H16FN3O3/c1-7(2)15-5-4-9(14-15)10(16)13-6-8(12)11(17)18-3/h4-5,7-8H,6H2,1-3H3,(H,13,16). The third-order valence-electron chi connectivity index (χ3n) is 2.27. The van der Waals surface area contributed by atoms with Crippen molar-refractivity contribution in [2.45, 2.75) is 26.1 Å². The van der Waals surface area contributed by atoms with E-state index in [-0.39, 0.29) is 11.7 Å². The first-order chi connectivity index (χ1) is 8.45. The fourth-order valence-corrected chi connectivity index (χ4v) is 1.23. The Morgan fingerprint density at radius 1 is 1.56 bits per heavy atom. The largest absolute Gasteiger partial charge is 0.467 e. The Hall–Kier alpha value is -1.92. The normalized spacial score (nSPS) is 12.3. The monoisotopic (exact) mass is 257 g/mol. The number of alkyl halides is 1. The second-order valence-corrected chi connectivity index (χ2v) is 3.98. The van der Waals surface area contributed by atoms with Gasteiger partial charge in [-0.05, 0) is 19.9 Å². The van der Waals surface area contributed by atoms with E-state index in [1.165, 1.54) is 6.07 Å². The van der Waals surface area contributed by atoms with Crippen LogP contribution in [-0.4, -0.2) is 41.5 Å². The van der Waals surface area contributed by atoms with Gasteiger partial charge in [0.2, 0.25) is 6.17 Å². The van der Waals surface area contributed by atoms with Crippen molar-refractivity contribution in [3.63, 3.8) is 0 Å². The molecule has 0 radical (unpaired) electrons. The van der Waals surface area contributed by atoms with E-state index >= 15 is 0 Å². The van der Waals surface area contributed by atoms with Crippen LogP contribution in [0.2, 0.25) is 0 Å². The Morgan fingerprint density at radius 2 is 2.22 bits per heavy atom. The molecule has 18 heavy (non-hydrogen) atoms. The van der Waals surface area contributed by atoms with Crippen LogP contribution >= 0.6 is 0 Å². The molecule has 7 heteroatoms. The quantitative estimate of drug-likeness (QED) is 0.788. The summed E-state index contributed by atoms with van der Waals surface area (Å²) in [6, 6.07) is 1.66. The second-order valence-electron chi connectivity index (χ2n) is 3.98. The van der Waals surface area contributed by atoms with E-state index < -0.39 is 24.6 Å². The fourth-order valence-electron chi connectivity index (χ4n) is 1.23. The van der Waals surface area contributed by atoms with Gasteiger partial charge in [-0.15, -0.1) is 0 Å². The number of methoxy groups -OCH3 is 1. The van der Waals surface area contributed by atoms with Gasteiger partial charge >= 0.3 is 5.97 Å². The summed E-state index contributed by atoms with van der Waals surface area (Å²) in [4.78, 5) is 22.4. The summed E-state index contributed by atoms with van der Waals surface area (Å²) in [5.74, 6) is -1.54. The third kappa shape index (κ3) is 3.54. The molecule has 6 nitrogen and oxygen atoms in total. The number of carbonyl (C=O) groups is 2. The molecule has 0 saturated heterocycles. The molecule has 1 aromatic heterocycles. The lowest BCUT2D eigenvalue weighted by molar-refractivity contribution is -0.146. The van der Waals surface area contributed by atoms with Gasteiger partial charge in [-0.25, -0.2) is 9.18 Å². The van der Waals surface area contributed by atoms with Gasteiger partial charge in [-0.3, -0.25) is 9.48 Å². The molecule has 1 unspecified atom stereocenters. The van der Waals surface area contributed by atoms with Crippen molar-refractivity contribution < 1.29 is 18.7 Å². The average Bonchev–Trinajstić information content (AvgIpc) is 2.84. The Morgan fingerprint density at radius 3 is 2.72 bits per heavy atom. The molecule has 100 valence electrons. The molecule has 1 N–H and O–H groups in total. The van der Waals surface area contributed by atoms with Crippen LogP contribution in [0.25, 0.3) is 0 Å². The number of esters is 1. The highest BCUT2D eigenvalue weighted by molar-refractivity contribution is 5.92. The highest BCUT2D eigenvalue weighted by Gasteiger charge is 2.19. The summed E-state index contributed by atoms with van der Waals surface area (Å²) in [5.41, 5.74) is 0.181. The molecule has 0 fully saturated rings. The van der Waals surface area contributed by atoms with Crippen molar-refractivity contribution in [1.29, 1.82) is 0 Å². The summed E-state index contributed by atoms with van der Waals surface area (Å²) in [6.45, 7) is 3.41. The Kier molecular flexibility index (Phi) is 4.82. The van der Waals surface area contributed by atoms with Crippen molar-refractivity contribution in [3.05, 3.63) is 18.0 Å². The predicted octanol–water partition coefficient (Wildman–Crippen LogP) is 0.705. The number of nitrogens with zero attached hydrogens (tertiary/aromatic N) is 2. The summed E-state index contributed by atoms with van der Waals surface area (Å²) in [5, 5.41) is 6.29. The van der Waals surface area contributed by atoms with Crippen LogP contribution in [0.1, 0.15) is 30.4 Å². The second kappa shape index (κ2) is 6.13. The maximum atomic E-state index is 13.1. The van der Waals surface area contributed by atoms with E-state index in [4.69, 9.17) is 0 Å². The molecule has 0 saturated carbocycles. The van der Waals surface area contributed by atoms with Gasteiger partial charge < -0.3 is 10.1 Å². The van der Waals surface area contributed by atoms with Crippen LogP contribution < -0.4 is 5.32 Å². The molecule has 1 rings (SSSR count). The molecule has 0 aliphatic heterocycles. The molecule has 1 amide bonds. The number of hydrogen-bond donors (Lipinski definition) is 1. The number of hydrogen-bond acceptors (Lipinski definition) is 4. The molecule has 1 heterocycles. The van der Waals surface area contributed by atoms with E-state index in [1.807, 2.05) is 13.8 Å². The van der Waals surface area contributed by atoms with E-state index in [0.717, 1.165) is 7.11 Å². The number of aromatic nitrogens is 2. The minimum atomic E-state index is -1.87. The van der Waals surface area contributed by atoms with Crippen molar-refractivity contribution in [2.24, 2.45) is 0 Å². The molecule has 1 atom stereocenters. The zero-order valence-electron chi connectivity index (χ0n) is 10.5. The number of amides is 1. The third-order valence-corrected chi connectivity index (χ3v) is 2.27. The van der Waals surface area contributed by atoms with Gasteiger partial charge in [0, 0.05) is 12.2 Å². The molecule has 0 aliphatic rings. The molecule has 0 aliphatic carbocycles. The summed E-state index contributed by atoms with van der Waals surface area (Å²) in [6.07, 6.45) is -0.210. The molecular weight excluding hydrogens is 241 g/mol. The topological polar surface area (TPSA) is 73.2 Å². The van der Waals surface area contributed by atoms with Gasteiger partial charge in [0.25, 0.3) is 5.91 Å². The molecule has 1 aromatic rings. The lowest BCUT2D eigenvalue weighted by Gasteiger charge is -2.07. The number of nitrogens with one attached hydrogen (secondary N) is 1. The highest BCUT2D eigenvalue weighted by Crippen LogP contribution is 2.04. The number of rotatable bonds is 5. The number of carbonyl (C=O) groups excluding carboxylic acids is 2. The number of halogens is 1. The lowest BCUT2D eigenvalue weighted by atomic mass is 10.3. The Balaban J connectivity index is 2.52. The zero-order valence-corrected chi connectivity index (χ0v) is 10.5. The minimum Gasteiger partial charge on any atom is -0.467 e. The van der Waals surface area contributed by atoms with Gasteiger partial charge in [-0.1, -0.05) is 0 Å². The SMILES string of the molecule is COC(=O)C(F)CNC(=O)c1ccn(C(C)C)n1. The Bertz CT molecular complexity index is 431. The molecule has 0 aromatic carbocycles. The first-order valence-corrected chi connectivity index (χ1v) is 5.51. The first kappa shape index (κ1) is 14.1. The van der Waals surface area contributed by atoms with Gasteiger partial charge in [0.05, 0.1) is 13.7 Å². The predicted molar refractivity (Wildman–Crippen MR) is 61.9 cm³/mol. The van der Waals surface area contributed by atoms with Gasteiger partial charge in [0.15, 0.2) is 0 Å². The van der Waals surface area contributed by atoms with E-state index in [0.29, 0.717) is 0 Å². The highest BCUT2D eigenvalue weighted by atomic mass is 19.1. The smallest absolute Gasteiger partial charge is 0.342 e. The van der Waals surface area contributed by atoms with Crippen molar-refractivity contribution in [1.82, 2.24) is 15.1 Å². The van der Waals surface area contributed by atoms with Crippen LogP contribution in [0, 0.1) is 0 Å². The molecular formula is C11H16FN3O3. The summed E-state index contributed by atoms with van der Waals surface area (Å²) in [7, 11) is 1.08. The van der Waals surface area contributed by atoms with Crippen molar-refractivity contribution >= 4 is 11.9 Å². The van der Waals surface area contributed by atoms with Gasteiger partial charge in [-0.2, -0.15) is 5.10 Å². The summed E-state index contributed by atoms with van der Waals surface area (Å²) >= 11 is 0. The zero-order chi connectivity index (χ0) is 13.7. The maximum absolute atomic E-state index is 13.1. The lowest BCUT2D eigenvalue weighted by Crippen LogP contribution is -2.35. The Labute approximate surface area is 104 Å². The fraction of sp³-hybridized carbons (Fsp3) is 0.545. The van der Waals surface area contributed by atoms with Crippen molar-refractivity contribution in [3.8, 4) is 0 Å². The molecule has 0 bridgehead atoms. The van der Waals surface area contributed by atoms with E-state index in [9.17, 15) is 14.0 Å². The maximum Gasteiger partial charge on any atom is 0.342 e. The van der Waals surface area contributed by atoms with Crippen LogP contribution in [-0.2, 0) is 9.53 Å². The summed E-state index contributed by atoms with van der Waals surface area (Å²) < 4.78 is 18.9. The first-order valence-electron chi connectivity index (χ1n) is 5.51. The average molecular weight is 257 g/mol. The molecule has 0 spiro atoms. The van der Waals surface area contributed by atoms with Crippen LogP contribution in [0.5, 0.6) is 0 Å². The van der Waals surface area contributed by atoms with Crippen LogP contribution in [0.3, 0.4) is 0 Å². The van der Waals surface area contributed by atoms with E-state index in [2.05, 4.69) is 15.2 Å². The van der Waals surface area contributed by atoms with Crippen LogP contribution in [0.4, 0.5) is 4.39 Å². The minimum absolute atomic E-state index is 0.135. The van der Waals surface area contributed by atoms with E-state index in [1.54, 1.807) is 10.9 Å².